The molecule has 3 nitrogen and oxygen atoms in total. The summed E-state index contributed by atoms with van der Waals surface area (Å²) in [5.41, 5.74) is 1.65. The van der Waals surface area contributed by atoms with Gasteiger partial charge in [-0.25, -0.2) is 4.79 Å². The summed E-state index contributed by atoms with van der Waals surface area (Å²) in [7, 11) is 1.76. The number of thiol groups is 1. The highest BCUT2D eigenvalue weighted by Gasteiger charge is 2.09. The number of aryl methyl sites for hydroxylation is 1. The van der Waals surface area contributed by atoms with E-state index in [0.29, 0.717) is 0 Å². The lowest BCUT2D eigenvalue weighted by molar-refractivity contribution is 0.799. The maximum atomic E-state index is 11.9. The second-order valence-electron chi connectivity index (χ2n) is 3.62. The molecule has 0 atom stereocenters. The maximum Gasteiger partial charge on any atom is 0.332 e. The fourth-order valence-corrected chi connectivity index (χ4v) is 2.37. The molecule has 0 fully saturated rings. The van der Waals surface area contributed by atoms with Crippen LogP contribution in [0.4, 0.5) is 0 Å². The summed E-state index contributed by atoms with van der Waals surface area (Å²) in [6.45, 7) is 1.90. The van der Waals surface area contributed by atoms with Crippen molar-refractivity contribution in [1.82, 2.24) is 9.13 Å². The van der Waals surface area contributed by atoms with Crippen molar-refractivity contribution in [3.63, 3.8) is 0 Å². The molecule has 0 unspecified atom stereocenters. The minimum atomic E-state index is -0.0601. The van der Waals surface area contributed by atoms with Crippen LogP contribution >= 0.6 is 28.6 Å². The Bertz CT molecular complexity index is 601. The van der Waals surface area contributed by atoms with Crippen molar-refractivity contribution < 1.29 is 0 Å². The molecule has 84 valence electrons. The van der Waals surface area contributed by atoms with Gasteiger partial charge in [-0.2, -0.15) is 0 Å². The fourth-order valence-electron chi connectivity index (χ4n) is 1.51. The van der Waals surface area contributed by atoms with Crippen LogP contribution in [0.2, 0.25) is 0 Å². The van der Waals surface area contributed by atoms with Crippen molar-refractivity contribution >= 4 is 28.6 Å². The average molecular weight is 299 g/mol. The predicted octanol–water partition coefficient (Wildman–Crippen LogP) is 2.54. The quantitative estimate of drug-likeness (QED) is 0.805. The molecule has 0 aliphatic heterocycles. The second kappa shape index (κ2) is 4.14. The van der Waals surface area contributed by atoms with Crippen molar-refractivity contribution in [2.75, 3.05) is 0 Å². The highest BCUT2D eigenvalue weighted by atomic mass is 79.9. The van der Waals surface area contributed by atoms with Crippen LogP contribution < -0.4 is 5.69 Å². The number of hydrogen-bond donors (Lipinski definition) is 1. The van der Waals surface area contributed by atoms with Crippen LogP contribution in [0.5, 0.6) is 0 Å². The molecule has 16 heavy (non-hydrogen) atoms. The van der Waals surface area contributed by atoms with E-state index in [1.54, 1.807) is 16.2 Å². The van der Waals surface area contributed by atoms with E-state index in [1.807, 2.05) is 31.3 Å². The molecule has 0 saturated carbocycles. The molecule has 0 amide bonds. The van der Waals surface area contributed by atoms with Gasteiger partial charge in [0.2, 0.25) is 0 Å². The molecule has 2 rings (SSSR count). The molecule has 0 bridgehead atoms. The van der Waals surface area contributed by atoms with E-state index < -0.39 is 0 Å². The summed E-state index contributed by atoms with van der Waals surface area (Å²) in [5.74, 6) is 0. The Morgan fingerprint density at radius 1 is 1.38 bits per heavy atom. The zero-order valence-corrected chi connectivity index (χ0v) is 11.4. The standard InChI is InChI=1S/C11H11BrN2OS/c1-7-6-14(11(15)13(7)2)9-4-3-8(12)5-10(9)16/h3-6,16H,1-2H3. The second-order valence-corrected chi connectivity index (χ2v) is 5.01. The molecule has 5 heteroatoms. The maximum absolute atomic E-state index is 11.9. The topological polar surface area (TPSA) is 26.9 Å². The van der Waals surface area contributed by atoms with E-state index in [2.05, 4.69) is 28.6 Å². The molecule has 1 heterocycles. The van der Waals surface area contributed by atoms with Gasteiger partial charge in [0.1, 0.15) is 0 Å². The van der Waals surface area contributed by atoms with Crippen LogP contribution in [0, 0.1) is 6.92 Å². The van der Waals surface area contributed by atoms with Crippen LogP contribution in [-0.2, 0) is 7.05 Å². The van der Waals surface area contributed by atoms with E-state index in [-0.39, 0.29) is 5.69 Å². The summed E-state index contributed by atoms with van der Waals surface area (Å²) in [6.07, 6.45) is 1.81. The summed E-state index contributed by atoms with van der Waals surface area (Å²) in [5, 5.41) is 0. The molecular weight excluding hydrogens is 288 g/mol. The Kier molecular flexibility index (Phi) is 2.99. The largest absolute Gasteiger partial charge is 0.332 e. The molecule has 1 aromatic heterocycles. The normalized spacial score (nSPS) is 10.8. The van der Waals surface area contributed by atoms with E-state index in [0.717, 1.165) is 20.7 Å². The zero-order chi connectivity index (χ0) is 11.9. The van der Waals surface area contributed by atoms with E-state index in [4.69, 9.17) is 0 Å². The van der Waals surface area contributed by atoms with Gasteiger partial charge < -0.3 is 0 Å². The molecule has 1 aromatic carbocycles. The van der Waals surface area contributed by atoms with Gasteiger partial charge in [0.15, 0.2) is 0 Å². The van der Waals surface area contributed by atoms with Crippen LogP contribution in [0.3, 0.4) is 0 Å². The van der Waals surface area contributed by atoms with Crippen LogP contribution in [0.1, 0.15) is 5.69 Å². The molecule has 0 saturated heterocycles. The summed E-state index contributed by atoms with van der Waals surface area (Å²) >= 11 is 7.74. The number of imidazole rings is 1. The Balaban J connectivity index is 2.68. The van der Waals surface area contributed by atoms with Crippen molar-refractivity contribution in [2.24, 2.45) is 7.05 Å². The monoisotopic (exact) mass is 298 g/mol. The first-order valence-corrected chi connectivity index (χ1v) is 5.98. The number of nitrogens with zero attached hydrogens (tertiary/aromatic N) is 2. The van der Waals surface area contributed by atoms with Gasteiger partial charge in [-0.15, -0.1) is 12.6 Å². The molecule has 0 N–H and O–H groups in total. The van der Waals surface area contributed by atoms with Gasteiger partial charge in [0, 0.05) is 28.3 Å². The molecule has 0 aliphatic rings. The third-order valence-corrected chi connectivity index (χ3v) is 3.39. The lowest BCUT2D eigenvalue weighted by Crippen LogP contribution is -2.21. The number of benzene rings is 1. The lowest BCUT2D eigenvalue weighted by atomic mass is 10.3. The number of rotatable bonds is 1. The fraction of sp³-hybridized carbons (Fsp3) is 0.182. The van der Waals surface area contributed by atoms with Gasteiger partial charge in [0.25, 0.3) is 0 Å². The van der Waals surface area contributed by atoms with Crippen LogP contribution in [0.15, 0.2) is 38.6 Å². The predicted molar refractivity (Wildman–Crippen MR) is 70.7 cm³/mol. The molecule has 2 aromatic rings. The van der Waals surface area contributed by atoms with E-state index in [1.165, 1.54) is 0 Å². The van der Waals surface area contributed by atoms with Crippen LogP contribution in [0.25, 0.3) is 5.69 Å². The van der Waals surface area contributed by atoms with E-state index in [9.17, 15) is 4.79 Å². The zero-order valence-electron chi connectivity index (χ0n) is 8.94. The van der Waals surface area contributed by atoms with Crippen molar-refractivity contribution in [1.29, 1.82) is 0 Å². The SMILES string of the molecule is Cc1cn(-c2ccc(Br)cc2S)c(=O)n1C. The summed E-state index contributed by atoms with van der Waals surface area (Å²) < 4.78 is 4.15. The summed E-state index contributed by atoms with van der Waals surface area (Å²) in [6, 6.07) is 5.63. The molecular formula is C11H11BrN2OS. The van der Waals surface area contributed by atoms with Gasteiger partial charge in [-0.05, 0) is 25.1 Å². The Labute approximate surface area is 107 Å². The number of aromatic nitrogens is 2. The first-order chi connectivity index (χ1) is 7.50. The van der Waals surface area contributed by atoms with Crippen molar-refractivity contribution in [2.45, 2.75) is 11.8 Å². The first kappa shape index (κ1) is 11.5. The average Bonchev–Trinajstić information content (AvgIpc) is 2.46. The Hall–Kier alpha value is -0.940. The van der Waals surface area contributed by atoms with Gasteiger partial charge >= 0.3 is 5.69 Å². The first-order valence-electron chi connectivity index (χ1n) is 4.74. The van der Waals surface area contributed by atoms with Gasteiger partial charge in [-0.1, -0.05) is 15.9 Å². The minimum Gasteiger partial charge on any atom is -0.299 e. The highest BCUT2D eigenvalue weighted by Crippen LogP contribution is 2.22. The Morgan fingerprint density at radius 2 is 2.06 bits per heavy atom. The van der Waals surface area contributed by atoms with Gasteiger partial charge in [0.05, 0.1) is 5.69 Å². The lowest BCUT2D eigenvalue weighted by Gasteiger charge is -2.05. The third kappa shape index (κ3) is 1.85. The minimum absolute atomic E-state index is 0.0601. The van der Waals surface area contributed by atoms with Gasteiger partial charge in [-0.3, -0.25) is 9.13 Å². The third-order valence-electron chi connectivity index (χ3n) is 2.54. The molecule has 0 spiro atoms. The number of halogens is 1. The van der Waals surface area contributed by atoms with Crippen molar-refractivity contribution in [3.05, 3.63) is 45.0 Å². The Morgan fingerprint density at radius 3 is 2.56 bits per heavy atom. The smallest absolute Gasteiger partial charge is 0.299 e. The highest BCUT2D eigenvalue weighted by molar-refractivity contribution is 9.10. The van der Waals surface area contributed by atoms with Crippen LogP contribution in [-0.4, -0.2) is 9.13 Å². The van der Waals surface area contributed by atoms with Crippen molar-refractivity contribution in [3.8, 4) is 5.69 Å². The molecule has 0 radical (unpaired) electrons. The van der Waals surface area contributed by atoms with E-state index >= 15 is 0 Å². The molecule has 0 aliphatic carbocycles. The summed E-state index contributed by atoms with van der Waals surface area (Å²) in [4.78, 5) is 12.7. The number of hydrogen-bond acceptors (Lipinski definition) is 2.